The molecule has 2 aromatic rings. The van der Waals surface area contributed by atoms with Crippen LogP contribution >= 0.6 is 11.3 Å². The molecule has 0 aliphatic heterocycles. The Hall–Kier alpha value is -1.19. The molecule has 1 aromatic carbocycles. The number of nitrogens with one attached hydrogen (secondary N) is 1. The van der Waals surface area contributed by atoms with Crippen LogP contribution in [-0.4, -0.2) is 4.98 Å². The summed E-state index contributed by atoms with van der Waals surface area (Å²) in [6.45, 7) is 9.38. The van der Waals surface area contributed by atoms with Crippen molar-refractivity contribution in [3.63, 3.8) is 0 Å². The molecule has 0 aliphatic carbocycles. The number of rotatable bonds is 4. The van der Waals surface area contributed by atoms with Gasteiger partial charge in [0.2, 0.25) is 0 Å². The highest BCUT2D eigenvalue weighted by molar-refractivity contribution is 7.09. The fourth-order valence-corrected chi connectivity index (χ4v) is 2.60. The summed E-state index contributed by atoms with van der Waals surface area (Å²) < 4.78 is 0. The van der Waals surface area contributed by atoms with Crippen molar-refractivity contribution >= 4 is 11.3 Å². The molecule has 96 valence electrons. The van der Waals surface area contributed by atoms with Crippen molar-refractivity contribution in [3.8, 4) is 0 Å². The molecular formula is C15H20N2S. The number of nitrogens with zero attached hydrogens (tertiary/aromatic N) is 1. The smallest absolute Gasteiger partial charge is 0.107 e. The Kier molecular flexibility index (Phi) is 4.15. The summed E-state index contributed by atoms with van der Waals surface area (Å²) in [4.78, 5) is 4.46. The Bertz CT molecular complexity index is 531. The first-order chi connectivity index (χ1) is 8.56. The molecule has 0 radical (unpaired) electrons. The third-order valence-corrected chi connectivity index (χ3v) is 4.22. The van der Waals surface area contributed by atoms with E-state index < -0.39 is 0 Å². The summed E-state index contributed by atoms with van der Waals surface area (Å²) in [6.07, 6.45) is 0. The van der Waals surface area contributed by atoms with Crippen LogP contribution in [0.25, 0.3) is 0 Å². The van der Waals surface area contributed by atoms with Crippen LogP contribution in [-0.2, 0) is 6.54 Å². The van der Waals surface area contributed by atoms with Crippen molar-refractivity contribution < 1.29 is 0 Å². The van der Waals surface area contributed by atoms with Gasteiger partial charge < -0.3 is 5.32 Å². The second kappa shape index (κ2) is 5.63. The maximum Gasteiger partial charge on any atom is 0.107 e. The summed E-state index contributed by atoms with van der Waals surface area (Å²) in [5.74, 6) is 0. The zero-order valence-electron chi connectivity index (χ0n) is 11.4. The van der Waals surface area contributed by atoms with Gasteiger partial charge in [0.15, 0.2) is 0 Å². The average molecular weight is 260 g/mol. The van der Waals surface area contributed by atoms with Crippen molar-refractivity contribution in [3.05, 3.63) is 51.0 Å². The van der Waals surface area contributed by atoms with E-state index in [1.165, 1.54) is 16.7 Å². The number of hydrogen-bond acceptors (Lipinski definition) is 3. The number of aromatic nitrogens is 1. The van der Waals surface area contributed by atoms with Gasteiger partial charge in [0.05, 0.1) is 0 Å². The topological polar surface area (TPSA) is 24.9 Å². The zero-order valence-corrected chi connectivity index (χ0v) is 12.3. The molecule has 0 spiro atoms. The monoisotopic (exact) mass is 260 g/mol. The summed E-state index contributed by atoms with van der Waals surface area (Å²) >= 11 is 1.72. The van der Waals surface area contributed by atoms with Gasteiger partial charge in [-0.3, -0.25) is 0 Å². The molecule has 0 saturated carbocycles. The maximum atomic E-state index is 4.46. The molecule has 2 nitrogen and oxygen atoms in total. The second-order valence-corrected chi connectivity index (χ2v) is 5.77. The number of aryl methyl sites for hydroxylation is 3. The van der Waals surface area contributed by atoms with E-state index in [0.717, 1.165) is 17.2 Å². The molecule has 18 heavy (non-hydrogen) atoms. The summed E-state index contributed by atoms with van der Waals surface area (Å²) in [5, 5.41) is 6.77. The van der Waals surface area contributed by atoms with Gasteiger partial charge in [0, 0.05) is 23.7 Å². The minimum absolute atomic E-state index is 0.355. The predicted molar refractivity (Wildman–Crippen MR) is 78.0 cm³/mol. The van der Waals surface area contributed by atoms with Gasteiger partial charge in [-0.05, 0) is 44.4 Å². The molecule has 0 fully saturated rings. The van der Waals surface area contributed by atoms with E-state index in [1.807, 2.05) is 6.92 Å². The van der Waals surface area contributed by atoms with E-state index in [1.54, 1.807) is 11.3 Å². The van der Waals surface area contributed by atoms with E-state index in [9.17, 15) is 0 Å². The van der Waals surface area contributed by atoms with Gasteiger partial charge in [0.1, 0.15) is 5.01 Å². The van der Waals surface area contributed by atoms with Crippen molar-refractivity contribution in [2.75, 3.05) is 0 Å². The van der Waals surface area contributed by atoms with Crippen LogP contribution in [0.2, 0.25) is 0 Å². The Labute approximate surface area is 113 Å². The molecule has 0 amide bonds. The number of benzene rings is 1. The lowest BCUT2D eigenvalue weighted by molar-refractivity contribution is 0.572. The lowest BCUT2D eigenvalue weighted by Crippen LogP contribution is -2.18. The minimum atomic E-state index is 0.355. The van der Waals surface area contributed by atoms with Gasteiger partial charge in [-0.15, -0.1) is 11.3 Å². The zero-order chi connectivity index (χ0) is 13.1. The second-order valence-electron chi connectivity index (χ2n) is 4.83. The Morgan fingerprint density at radius 1 is 1.22 bits per heavy atom. The summed E-state index contributed by atoms with van der Waals surface area (Å²) in [5.41, 5.74) is 5.15. The lowest BCUT2D eigenvalue weighted by atomic mass is 10.0. The van der Waals surface area contributed by atoms with E-state index in [-0.39, 0.29) is 0 Å². The first-order valence-corrected chi connectivity index (χ1v) is 7.16. The molecule has 2 rings (SSSR count). The predicted octanol–water partition coefficient (Wildman–Crippen LogP) is 3.92. The van der Waals surface area contributed by atoms with Crippen molar-refractivity contribution in [2.45, 2.75) is 40.3 Å². The van der Waals surface area contributed by atoms with Gasteiger partial charge in [-0.1, -0.05) is 18.2 Å². The fraction of sp³-hybridized carbons (Fsp3) is 0.400. The standard InChI is InChI=1S/C15H20N2S/c1-10-5-6-14(7-11(10)2)13(4)16-8-15-17-12(3)9-18-15/h5-7,9,13,16H,8H2,1-4H3. The highest BCUT2D eigenvalue weighted by Crippen LogP contribution is 2.17. The molecule has 1 aromatic heterocycles. The largest absolute Gasteiger partial charge is 0.304 e. The van der Waals surface area contributed by atoms with Crippen LogP contribution in [0.5, 0.6) is 0 Å². The number of thiazole rings is 1. The molecule has 3 heteroatoms. The highest BCUT2D eigenvalue weighted by Gasteiger charge is 2.07. The quantitative estimate of drug-likeness (QED) is 0.901. The average Bonchev–Trinajstić information content (AvgIpc) is 2.75. The SMILES string of the molecule is Cc1csc(CNC(C)c2ccc(C)c(C)c2)n1. The van der Waals surface area contributed by atoms with Crippen molar-refractivity contribution in [1.82, 2.24) is 10.3 Å². The van der Waals surface area contributed by atoms with Crippen LogP contribution < -0.4 is 5.32 Å². The molecule has 1 atom stereocenters. The highest BCUT2D eigenvalue weighted by atomic mass is 32.1. The van der Waals surface area contributed by atoms with Crippen molar-refractivity contribution in [2.24, 2.45) is 0 Å². The lowest BCUT2D eigenvalue weighted by Gasteiger charge is -2.14. The summed E-state index contributed by atoms with van der Waals surface area (Å²) in [6, 6.07) is 7.01. The Balaban J connectivity index is 1.99. The number of hydrogen-bond donors (Lipinski definition) is 1. The van der Waals surface area contributed by atoms with E-state index >= 15 is 0 Å². The fourth-order valence-electron chi connectivity index (χ4n) is 1.88. The van der Waals surface area contributed by atoms with Crippen LogP contribution in [0.1, 0.15) is 40.4 Å². The molecule has 1 heterocycles. The van der Waals surface area contributed by atoms with Gasteiger partial charge in [0.25, 0.3) is 0 Å². The van der Waals surface area contributed by atoms with Gasteiger partial charge >= 0.3 is 0 Å². The minimum Gasteiger partial charge on any atom is -0.304 e. The van der Waals surface area contributed by atoms with Gasteiger partial charge in [-0.2, -0.15) is 0 Å². The van der Waals surface area contributed by atoms with E-state index in [0.29, 0.717) is 6.04 Å². The van der Waals surface area contributed by atoms with E-state index in [2.05, 4.69) is 54.7 Å². The molecule has 1 unspecified atom stereocenters. The molecule has 1 N–H and O–H groups in total. The van der Waals surface area contributed by atoms with Crippen LogP contribution in [0.3, 0.4) is 0 Å². The third kappa shape index (κ3) is 3.18. The molecule has 0 bridgehead atoms. The maximum absolute atomic E-state index is 4.46. The van der Waals surface area contributed by atoms with Crippen LogP contribution in [0.4, 0.5) is 0 Å². The van der Waals surface area contributed by atoms with Gasteiger partial charge in [-0.25, -0.2) is 4.98 Å². The van der Waals surface area contributed by atoms with Crippen molar-refractivity contribution in [1.29, 1.82) is 0 Å². The molecular weight excluding hydrogens is 240 g/mol. The third-order valence-electron chi connectivity index (χ3n) is 3.26. The first kappa shape index (κ1) is 13.2. The van der Waals surface area contributed by atoms with Crippen LogP contribution in [0, 0.1) is 20.8 Å². The van der Waals surface area contributed by atoms with E-state index in [4.69, 9.17) is 0 Å². The Morgan fingerprint density at radius 2 is 2.00 bits per heavy atom. The molecule has 0 saturated heterocycles. The normalized spacial score (nSPS) is 12.7. The summed E-state index contributed by atoms with van der Waals surface area (Å²) in [7, 11) is 0. The van der Waals surface area contributed by atoms with Crippen LogP contribution in [0.15, 0.2) is 23.6 Å². The first-order valence-electron chi connectivity index (χ1n) is 6.28. The Morgan fingerprint density at radius 3 is 2.61 bits per heavy atom. The molecule has 0 aliphatic rings.